The van der Waals surface area contributed by atoms with E-state index in [1.54, 1.807) is 11.9 Å². The minimum absolute atomic E-state index is 0.177. The van der Waals surface area contributed by atoms with Gasteiger partial charge in [-0.25, -0.2) is 0 Å². The summed E-state index contributed by atoms with van der Waals surface area (Å²) in [5.41, 5.74) is 5.53. The monoisotopic (exact) mass is 230 g/mol. The van der Waals surface area contributed by atoms with Gasteiger partial charge in [0.2, 0.25) is 5.89 Å². The first-order chi connectivity index (χ1) is 7.29. The summed E-state index contributed by atoms with van der Waals surface area (Å²) in [7, 11) is 0. The van der Waals surface area contributed by atoms with Gasteiger partial charge in [0.1, 0.15) is 0 Å². The number of nitrogens with zero attached hydrogens (tertiary/aromatic N) is 2. The molecule has 1 atom stereocenters. The summed E-state index contributed by atoms with van der Waals surface area (Å²) < 4.78 is 8.11. The molecule has 0 aromatic carbocycles. The largest absolute Gasteiger partial charge is 0.394 e. The Morgan fingerprint density at radius 2 is 2.47 bits per heavy atom. The van der Waals surface area contributed by atoms with E-state index >= 15 is 0 Å². The molecule has 1 aromatic heterocycles. The van der Waals surface area contributed by atoms with E-state index in [9.17, 15) is 0 Å². The minimum Gasteiger partial charge on any atom is -0.394 e. The van der Waals surface area contributed by atoms with Crippen molar-refractivity contribution in [3.8, 4) is 0 Å². The van der Waals surface area contributed by atoms with Gasteiger partial charge < -0.3 is 15.4 Å². The summed E-state index contributed by atoms with van der Waals surface area (Å²) in [6.45, 7) is 0.357. The topological polar surface area (TPSA) is 97.2 Å². The van der Waals surface area contributed by atoms with Crippen molar-refractivity contribution in [2.24, 2.45) is 5.73 Å². The third-order valence-corrected chi connectivity index (χ3v) is 3.13. The number of aliphatic hydroxyl groups is 1. The van der Waals surface area contributed by atoms with Crippen molar-refractivity contribution in [2.45, 2.75) is 30.7 Å². The quantitative estimate of drug-likeness (QED) is 0.590. The third-order valence-electron chi connectivity index (χ3n) is 2.01. The van der Waals surface area contributed by atoms with Crippen molar-refractivity contribution in [1.82, 2.24) is 14.9 Å². The second kappa shape index (κ2) is 4.93. The molecule has 84 valence electrons. The molecular formula is C8H14N4O2S. The van der Waals surface area contributed by atoms with Crippen LogP contribution in [-0.4, -0.2) is 27.1 Å². The molecule has 0 bridgehead atoms. The molecule has 1 fully saturated rings. The highest BCUT2D eigenvalue weighted by Gasteiger charge is 2.22. The van der Waals surface area contributed by atoms with Gasteiger partial charge in [-0.1, -0.05) is 17.1 Å². The van der Waals surface area contributed by atoms with E-state index in [1.807, 2.05) is 0 Å². The number of nitrogens with two attached hydrogens (primary N) is 1. The lowest BCUT2D eigenvalue weighted by molar-refractivity contribution is 0.259. The summed E-state index contributed by atoms with van der Waals surface area (Å²) in [6.07, 6.45) is 2.56. The fourth-order valence-corrected chi connectivity index (χ4v) is 1.79. The van der Waals surface area contributed by atoms with Gasteiger partial charge >= 0.3 is 0 Å². The Bertz CT molecular complexity index is 315. The van der Waals surface area contributed by atoms with E-state index in [1.165, 1.54) is 12.8 Å². The highest BCUT2D eigenvalue weighted by Crippen LogP contribution is 2.31. The lowest BCUT2D eigenvalue weighted by atomic mass is 10.3. The molecule has 1 heterocycles. The molecule has 7 heteroatoms. The van der Waals surface area contributed by atoms with Crippen molar-refractivity contribution in [2.75, 3.05) is 6.61 Å². The number of rotatable bonds is 6. The minimum atomic E-state index is -0.557. The van der Waals surface area contributed by atoms with Crippen molar-refractivity contribution in [3.63, 3.8) is 0 Å². The van der Waals surface area contributed by atoms with E-state index in [2.05, 4.69) is 14.9 Å². The van der Waals surface area contributed by atoms with Gasteiger partial charge in [0.25, 0.3) is 0 Å². The van der Waals surface area contributed by atoms with Crippen LogP contribution < -0.4 is 10.5 Å². The Morgan fingerprint density at radius 3 is 3.13 bits per heavy atom. The molecule has 4 N–H and O–H groups in total. The molecule has 0 radical (unpaired) electrons. The molecule has 1 aromatic rings. The fraction of sp³-hybridized carbons (Fsp3) is 0.750. The van der Waals surface area contributed by atoms with Crippen molar-refractivity contribution in [3.05, 3.63) is 11.7 Å². The van der Waals surface area contributed by atoms with Crippen molar-refractivity contribution < 1.29 is 9.63 Å². The lowest BCUT2D eigenvalue weighted by Gasteiger charge is -1.99. The Hall–Kier alpha value is -0.630. The van der Waals surface area contributed by atoms with Crippen LogP contribution in [-0.2, 0) is 6.54 Å². The first-order valence-electron chi connectivity index (χ1n) is 4.87. The molecule has 0 saturated heterocycles. The van der Waals surface area contributed by atoms with Gasteiger partial charge in [-0.3, -0.25) is 4.72 Å². The Kier molecular flexibility index (Phi) is 3.57. The molecule has 1 saturated carbocycles. The van der Waals surface area contributed by atoms with Crippen LogP contribution in [0.25, 0.3) is 0 Å². The first kappa shape index (κ1) is 10.9. The molecule has 1 aliphatic rings. The van der Waals surface area contributed by atoms with E-state index < -0.39 is 6.04 Å². The standard InChI is InChI=1S/C8H14N4O2S/c9-6(4-13)8-11-7(14-12-8)3-10-15-5-1-2-5/h5-6,10,13H,1-4,9H2. The van der Waals surface area contributed by atoms with Gasteiger partial charge in [0.05, 0.1) is 19.2 Å². The first-order valence-corrected chi connectivity index (χ1v) is 5.75. The van der Waals surface area contributed by atoms with Crippen LogP contribution >= 0.6 is 11.9 Å². The molecule has 15 heavy (non-hydrogen) atoms. The summed E-state index contributed by atoms with van der Waals surface area (Å²) in [5.74, 6) is 0.854. The fourth-order valence-electron chi connectivity index (χ4n) is 0.979. The van der Waals surface area contributed by atoms with Crippen LogP contribution in [0.5, 0.6) is 0 Å². The SMILES string of the molecule is NC(CO)c1noc(CNSC2CC2)n1. The van der Waals surface area contributed by atoms with Crippen LogP contribution in [0, 0.1) is 0 Å². The molecule has 0 amide bonds. The normalized spacial score (nSPS) is 18.0. The van der Waals surface area contributed by atoms with E-state index in [4.69, 9.17) is 15.4 Å². The zero-order valence-corrected chi connectivity index (χ0v) is 9.04. The molecule has 2 rings (SSSR count). The number of hydrogen-bond acceptors (Lipinski definition) is 7. The van der Waals surface area contributed by atoms with Crippen LogP contribution in [0.3, 0.4) is 0 Å². The molecule has 0 aliphatic heterocycles. The predicted octanol–water partition coefficient (Wildman–Crippen LogP) is -0.0381. The lowest BCUT2D eigenvalue weighted by Crippen LogP contribution is -2.16. The second-order valence-corrected chi connectivity index (χ2v) is 4.66. The molecular weight excluding hydrogens is 216 g/mol. The number of hydrogen-bond donors (Lipinski definition) is 3. The molecule has 1 unspecified atom stereocenters. The third kappa shape index (κ3) is 3.16. The second-order valence-electron chi connectivity index (χ2n) is 3.47. The van der Waals surface area contributed by atoms with E-state index in [0.29, 0.717) is 18.3 Å². The Labute approximate surface area is 91.7 Å². The van der Waals surface area contributed by atoms with Gasteiger partial charge in [0.15, 0.2) is 5.82 Å². The van der Waals surface area contributed by atoms with Gasteiger partial charge in [-0.05, 0) is 12.8 Å². The maximum absolute atomic E-state index is 8.79. The van der Waals surface area contributed by atoms with Crippen molar-refractivity contribution >= 4 is 11.9 Å². The highest BCUT2D eigenvalue weighted by atomic mass is 32.2. The Morgan fingerprint density at radius 1 is 1.67 bits per heavy atom. The smallest absolute Gasteiger partial charge is 0.241 e. The molecule has 1 aliphatic carbocycles. The summed E-state index contributed by atoms with van der Waals surface area (Å²) >= 11 is 1.70. The zero-order chi connectivity index (χ0) is 10.7. The maximum Gasteiger partial charge on any atom is 0.241 e. The Balaban J connectivity index is 1.77. The predicted molar refractivity (Wildman–Crippen MR) is 55.8 cm³/mol. The maximum atomic E-state index is 8.79. The average Bonchev–Trinajstić information content (AvgIpc) is 2.94. The van der Waals surface area contributed by atoms with Crippen molar-refractivity contribution in [1.29, 1.82) is 0 Å². The number of aromatic nitrogens is 2. The number of nitrogens with one attached hydrogen (secondary N) is 1. The molecule has 6 nitrogen and oxygen atoms in total. The van der Waals surface area contributed by atoms with Crippen LogP contribution in [0.4, 0.5) is 0 Å². The highest BCUT2D eigenvalue weighted by molar-refractivity contribution is 7.98. The van der Waals surface area contributed by atoms with Crippen LogP contribution in [0.2, 0.25) is 0 Å². The van der Waals surface area contributed by atoms with Crippen LogP contribution in [0.1, 0.15) is 30.6 Å². The van der Waals surface area contributed by atoms with E-state index in [-0.39, 0.29) is 6.61 Å². The number of aliphatic hydroxyl groups excluding tert-OH is 1. The van der Waals surface area contributed by atoms with Crippen LogP contribution in [0.15, 0.2) is 4.52 Å². The van der Waals surface area contributed by atoms with Gasteiger partial charge in [-0.15, -0.1) is 0 Å². The summed E-state index contributed by atoms with van der Waals surface area (Å²) in [4.78, 5) is 4.06. The van der Waals surface area contributed by atoms with Gasteiger partial charge in [-0.2, -0.15) is 4.98 Å². The summed E-state index contributed by atoms with van der Waals surface area (Å²) in [6, 6.07) is -0.557. The summed E-state index contributed by atoms with van der Waals surface area (Å²) in [5, 5.41) is 13.2. The zero-order valence-electron chi connectivity index (χ0n) is 8.22. The molecule has 0 spiro atoms. The van der Waals surface area contributed by atoms with Gasteiger partial charge in [0, 0.05) is 5.25 Å². The average molecular weight is 230 g/mol. The van der Waals surface area contributed by atoms with E-state index in [0.717, 1.165) is 5.25 Å².